The molecule has 15 rings (SSSR count). The second-order valence-corrected chi connectivity index (χ2v) is 23.5. The largest absolute Gasteiger partial charge is 0.458 e. The number of nitrogens with zero attached hydrogens (tertiary/aromatic N) is 2. The Balaban J connectivity index is 1.11. The Morgan fingerprint density at radius 1 is 0.355 bits per heavy atom. The zero-order valence-corrected chi connectivity index (χ0v) is 44.6. The standard InChI is InChI=1S/C69H55B3N2OS/c1-41(2)46-36-49(42(3)4)65(50(37-46)43(5)6)72-54-31-16-20-35-63(54)76-64-40-59-55(38-56(64)72)71-52-29-14-18-33-58(52)73-57-32-17-13-28-51(57)70-53-30-15-19-34-61(53)75-62-39-60(66(71)69(73)67(62)70)74(59)68-47(44-22-9-7-10-23-44)26-21-27-48(68)45-24-11-8-12-25-45/h7-43H,1-6H3. The summed E-state index contributed by atoms with van der Waals surface area (Å²) in [4.78, 5) is 7.89. The van der Waals surface area contributed by atoms with Crippen LogP contribution in [0.1, 0.15) is 76.0 Å². The zero-order chi connectivity index (χ0) is 51.1. The normalized spacial score (nSPS) is 13.9. The Morgan fingerprint density at radius 2 is 0.882 bits per heavy atom. The lowest BCUT2D eigenvalue weighted by atomic mass is 9.28. The molecule has 5 aliphatic rings. The van der Waals surface area contributed by atoms with Crippen LogP contribution < -0.4 is 63.7 Å². The molecule has 0 unspecified atom stereocenters. The fourth-order valence-electron chi connectivity index (χ4n) is 13.8. The second-order valence-electron chi connectivity index (χ2n) is 22.4. The van der Waals surface area contributed by atoms with Crippen LogP contribution in [0.15, 0.2) is 216 Å². The van der Waals surface area contributed by atoms with Gasteiger partial charge in [-0.3, -0.25) is 0 Å². The van der Waals surface area contributed by atoms with Gasteiger partial charge in [0.1, 0.15) is 11.5 Å². The van der Waals surface area contributed by atoms with Crippen molar-refractivity contribution in [1.82, 2.24) is 0 Å². The molecular weight excluding hydrogens is 937 g/mol. The van der Waals surface area contributed by atoms with E-state index >= 15 is 0 Å². The fourth-order valence-corrected chi connectivity index (χ4v) is 15.0. The number of benzene rings is 10. The number of hydrogen-bond donors (Lipinski definition) is 0. The Kier molecular flexibility index (Phi) is 10.4. The van der Waals surface area contributed by atoms with Gasteiger partial charge in [0.2, 0.25) is 6.71 Å². The third-order valence-electron chi connectivity index (χ3n) is 17.2. The van der Waals surface area contributed by atoms with Gasteiger partial charge in [0.15, 0.2) is 0 Å². The molecule has 0 bridgehead atoms. The van der Waals surface area contributed by atoms with Gasteiger partial charge in [0.25, 0.3) is 13.4 Å². The number of anilines is 6. The van der Waals surface area contributed by atoms with Gasteiger partial charge in [-0.2, -0.15) is 0 Å². The fraction of sp³-hybridized carbons (Fsp3) is 0.130. The van der Waals surface area contributed by atoms with Gasteiger partial charge in [-0.1, -0.05) is 240 Å². The van der Waals surface area contributed by atoms with Crippen LogP contribution in [0.3, 0.4) is 0 Å². The predicted molar refractivity (Wildman–Crippen MR) is 326 cm³/mol. The summed E-state index contributed by atoms with van der Waals surface area (Å²) in [6.07, 6.45) is 0. The van der Waals surface area contributed by atoms with Crippen LogP contribution >= 0.6 is 11.8 Å². The van der Waals surface area contributed by atoms with E-state index in [1.807, 2.05) is 11.8 Å². The van der Waals surface area contributed by atoms with Crippen LogP contribution in [0.2, 0.25) is 0 Å². The van der Waals surface area contributed by atoms with Crippen molar-refractivity contribution in [3.63, 3.8) is 0 Å². The molecule has 76 heavy (non-hydrogen) atoms. The maximum atomic E-state index is 7.32. The van der Waals surface area contributed by atoms with Crippen LogP contribution in [-0.4, -0.2) is 20.1 Å². The first-order valence-electron chi connectivity index (χ1n) is 27.3. The Hall–Kier alpha value is -7.86. The first-order chi connectivity index (χ1) is 37.2. The van der Waals surface area contributed by atoms with E-state index < -0.39 is 0 Å². The number of hydrogen-bond acceptors (Lipinski definition) is 4. The van der Waals surface area contributed by atoms with E-state index in [0.717, 1.165) is 22.9 Å². The summed E-state index contributed by atoms with van der Waals surface area (Å²) in [7, 11) is 0. The van der Waals surface area contributed by atoms with Crippen LogP contribution in [0, 0.1) is 0 Å². The van der Waals surface area contributed by atoms with Crippen LogP contribution in [-0.2, 0) is 0 Å². The number of rotatable bonds is 7. The summed E-state index contributed by atoms with van der Waals surface area (Å²) in [5, 5.41) is 0. The third-order valence-corrected chi connectivity index (χ3v) is 18.3. The van der Waals surface area contributed by atoms with Crippen molar-refractivity contribution in [2.75, 3.05) is 9.80 Å². The van der Waals surface area contributed by atoms with Crippen LogP contribution in [0.4, 0.5) is 34.1 Å². The molecule has 0 saturated carbocycles. The molecule has 10 aromatic rings. The van der Waals surface area contributed by atoms with Crippen molar-refractivity contribution in [3.8, 4) is 33.8 Å². The van der Waals surface area contributed by atoms with E-state index in [4.69, 9.17) is 4.74 Å². The molecular formula is C69H55B3N2OS. The number of para-hydroxylation sites is 4. The summed E-state index contributed by atoms with van der Waals surface area (Å²) >= 11 is 1.94. The highest BCUT2D eigenvalue weighted by atomic mass is 32.2. The molecule has 0 aromatic heterocycles. The molecule has 0 amide bonds. The summed E-state index contributed by atoms with van der Waals surface area (Å²) < 4.78 is 7.32. The van der Waals surface area contributed by atoms with E-state index in [2.05, 4.69) is 258 Å². The lowest BCUT2D eigenvalue weighted by molar-refractivity contribution is 0.488. The lowest BCUT2D eigenvalue weighted by Crippen LogP contribution is -2.68. The molecule has 0 N–H and O–H groups in total. The van der Waals surface area contributed by atoms with Crippen molar-refractivity contribution in [2.24, 2.45) is 0 Å². The van der Waals surface area contributed by atoms with E-state index in [9.17, 15) is 0 Å². The van der Waals surface area contributed by atoms with E-state index in [1.165, 1.54) is 121 Å². The summed E-state index contributed by atoms with van der Waals surface area (Å²) in [6, 6.07) is 78.2. The highest BCUT2D eigenvalue weighted by molar-refractivity contribution is 8.00. The highest BCUT2D eigenvalue weighted by Crippen LogP contribution is 2.52. The average Bonchev–Trinajstić information content (AvgIpc) is 3.58. The third kappa shape index (κ3) is 6.61. The maximum Gasteiger partial charge on any atom is 0.256 e. The predicted octanol–water partition coefficient (Wildman–Crippen LogP) is 12.4. The lowest BCUT2D eigenvalue weighted by Gasteiger charge is -2.49. The van der Waals surface area contributed by atoms with E-state index in [1.54, 1.807) is 0 Å². The summed E-state index contributed by atoms with van der Waals surface area (Å²) in [6.45, 7) is 14.2. The minimum absolute atomic E-state index is 0.0107. The van der Waals surface area contributed by atoms with E-state index in [0.29, 0.717) is 17.8 Å². The van der Waals surface area contributed by atoms with Gasteiger partial charge in [-0.25, -0.2) is 0 Å². The Morgan fingerprint density at radius 3 is 1.50 bits per heavy atom. The number of ether oxygens (including phenoxy) is 1. The molecule has 0 atom stereocenters. The highest BCUT2D eigenvalue weighted by Gasteiger charge is 2.52. The minimum Gasteiger partial charge on any atom is -0.458 e. The SMILES string of the molecule is CC(C)c1cc(C(C)C)c(B2c3ccccc3Sc3cc4c(cc32)B2c3ccccc3N3c5ccccc5B5c6ccccc6Oc6cc(c2c3c65)N4c2c(-c3ccccc3)cccc2-c2ccccc2)c(C(C)C)c1. The Labute approximate surface area is 452 Å². The minimum atomic E-state index is -0.0910. The molecule has 0 fully saturated rings. The van der Waals surface area contributed by atoms with Gasteiger partial charge < -0.3 is 14.5 Å². The van der Waals surface area contributed by atoms with Gasteiger partial charge >= 0.3 is 0 Å². The average molecular weight is 993 g/mol. The molecule has 0 saturated heterocycles. The molecule has 10 aromatic carbocycles. The Bertz CT molecular complexity index is 3950. The molecule has 0 radical (unpaired) electrons. The molecule has 3 nitrogen and oxygen atoms in total. The molecule has 0 aliphatic carbocycles. The van der Waals surface area contributed by atoms with Crippen LogP contribution in [0.25, 0.3) is 22.3 Å². The monoisotopic (exact) mass is 992 g/mol. The van der Waals surface area contributed by atoms with Crippen molar-refractivity contribution in [3.05, 3.63) is 223 Å². The smallest absolute Gasteiger partial charge is 0.256 e. The van der Waals surface area contributed by atoms with Crippen LogP contribution in [0.5, 0.6) is 11.5 Å². The topological polar surface area (TPSA) is 15.7 Å². The molecule has 362 valence electrons. The summed E-state index contributed by atoms with van der Waals surface area (Å²) in [5.74, 6) is 2.92. The maximum absolute atomic E-state index is 7.32. The number of fused-ring (bicyclic) bond motifs is 12. The van der Waals surface area contributed by atoms with Gasteiger partial charge in [0, 0.05) is 55.4 Å². The van der Waals surface area contributed by atoms with Gasteiger partial charge in [-0.15, -0.1) is 0 Å². The first kappa shape index (κ1) is 45.5. The van der Waals surface area contributed by atoms with E-state index in [-0.39, 0.29) is 20.1 Å². The van der Waals surface area contributed by atoms with Gasteiger partial charge in [0.05, 0.1) is 5.69 Å². The van der Waals surface area contributed by atoms with Gasteiger partial charge in [-0.05, 0) is 109 Å². The quantitative estimate of drug-likeness (QED) is 0.148. The summed E-state index contributed by atoms with van der Waals surface area (Å²) in [5.41, 5.74) is 28.2. The molecule has 5 heterocycles. The van der Waals surface area contributed by atoms with Crippen molar-refractivity contribution >= 4 is 115 Å². The molecule has 5 aliphatic heterocycles. The van der Waals surface area contributed by atoms with Crippen molar-refractivity contribution in [2.45, 2.75) is 69.1 Å². The van der Waals surface area contributed by atoms with Crippen molar-refractivity contribution in [1.29, 1.82) is 0 Å². The van der Waals surface area contributed by atoms with Crippen molar-refractivity contribution < 1.29 is 4.74 Å². The first-order valence-corrected chi connectivity index (χ1v) is 28.2. The molecule has 0 spiro atoms. The second kappa shape index (κ2) is 17.3. The molecule has 7 heteroatoms. The zero-order valence-electron chi connectivity index (χ0n) is 43.8.